The summed E-state index contributed by atoms with van der Waals surface area (Å²) in [6, 6.07) is 3.46. The maximum atomic E-state index is 14.0. The Morgan fingerprint density at radius 1 is 1.29 bits per heavy atom. The van der Waals surface area contributed by atoms with Gasteiger partial charge in [0.15, 0.2) is 0 Å². The second kappa shape index (κ2) is 4.39. The van der Waals surface area contributed by atoms with E-state index < -0.39 is 0 Å². The van der Waals surface area contributed by atoms with Gasteiger partial charge < -0.3 is 0 Å². The quantitative estimate of drug-likeness (QED) is 0.717. The lowest BCUT2D eigenvalue weighted by Gasteiger charge is -2.21. The third-order valence-electron chi connectivity index (χ3n) is 2.56. The Balaban J connectivity index is 2.62. The highest BCUT2D eigenvalue weighted by atomic mass is 35.5. The van der Waals surface area contributed by atoms with E-state index in [0.717, 1.165) is 11.3 Å². The summed E-state index contributed by atoms with van der Waals surface area (Å²) in [6.07, 6.45) is 0. The fourth-order valence-electron chi connectivity index (χ4n) is 1.64. The average molecular weight is 270 g/mol. The number of aromatic nitrogens is 1. The average Bonchev–Trinajstić information content (AvgIpc) is 2.73. The summed E-state index contributed by atoms with van der Waals surface area (Å²) in [5.41, 5.74) is 3.79. The Bertz CT molecular complexity index is 529. The predicted octanol–water partition coefficient (Wildman–Crippen LogP) is 4.90. The minimum absolute atomic E-state index is 0.153. The molecule has 0 spiro atoms. The van der Waals surface area contributed by atoms with Gasteiger partial charge in [0.25, 0.3) is 0 Å². The van der Waals surface area contributed by atoms with Crippen LogP contribution >= 0.6 is 22.9 Å². The molecule has 0 atom stereocenters. The van der Waals surface area contributed by atoms with Crippen molar-refractivity contribution in [3.63, 3.8) is 0 Å². The van der Waals surface area contributed by atoms with Gasteiger partial charge in [-0.2, -0.15) is 0 Å². The van der Waals surface area contributed by atoms with Gasteiger partial charge in [0.1, 0.15) is 5.82 Å². The first-order chi connectivity index (χ1) is 7.89. The van der Waals surface area contributed by atoms with E-state index >= 15 is 0 Å². The molecule has 0 aliphatic carbocycles. The van der Waals surface area contributed by atoms with Gasteiger partial charge in [0, 0.05) is 10.9 Å². The zero-order valence-corrected chi connectivity index (χ0v) is 11.5. The summed E-state index contributed by atoms with van der Waals surface area (Å²) in [4.78, 5) is 4.22. The zero-order valence-electron chi connectivity index (χ0n) is 9.92. The molecule has 0 amide bonds. The Morgan fingerprint density at radius 3 is 2.53 bits per heavy atom. The van der Waals surface area contributed by atoms with Crippen molar-refractivity contribution in [3.05, 3.63) is 39.4 Å². The van der Waals surface area contributed by atoms with Crippen LogP contribution in [-0.4, -0.2) is 4.98 Å². The van der Waals surface area contributed by atoms with Crippen molar-refractivity contribution in [2.24, 2.45) is 0 Å². The molecule has 0 aliphatic heterocycles. The molecule has 1 aromatic heterocycles. The number of halogens is 2. The predicted molar refractivity (Wildman–Crippen MR) is 71.2 cm³/mol. The first-order valence-electron chi connectivity index (χ1n) is 5.27. The molecule has 1 nitrogen and oxygen atoms in total. The first kappa shape index (κ1) is 12.5. The molecular formula is C13H13ClFNS. The van der Waals surface area contributed by atoms with Crippen molar-refractivity contribution >= 4 is 22.9 Å². The molecule has 0 saturated heterocycles. The monoisotopic (exact) mass is 269 g/mol. The molecule has 0 unspecified atom stereocenters. The van der Waals surface area contributed by atoms with Crippen molar-refractivity contribution in [2.75, 3.05) is 0 Å². The molecule has 0 aliphatic rings. The van der Waals surface area contributed by atoms with E-state index in [2.05, 4.69) is 4.98 Å². The van der Waals surface area contributed by atoms with Crippen molar-refractivity contribution in [2.45, 2.75) is 26.2 Å². The lowest BCUT2D eigenvalue weighted by atomic mass is 9.85. The molecule has 4 heteroatoms. The van der Waals surface area contributed by atoms with Crippen LogP contribution in [0.5, 0.6) is 0 Å². The highest BCUT2D eigenvalue weighted by Crippen LogP contribution is 2.33. The number of nitrogens with zero attached hydrogens (tertiary/aromatic N) is 1. The zero-order chi connectivity index (χ0) is 12.6. The molecule has 0 bridgehead atoms. The summed E-state index contributed by atoms with van der Waals surface area (Å²) in [5.74, 6) is -0.335. The van der Waals surface area contributed by atoms with Crippen molar-refractivity contribution in [3.8, 4) is 11.3 Å². The summed E-state index contributed by atoms with van der Waals surface area (Å²) in [6.45, 7) is 5.89. The van der Waals surface area contributed by atoms with E-state index in [-0.39, 0.29) is 16.3 Å². The maximum Gasteiger partial charge on any atom is 0.145 e. The molecule has 2 rings (SSSR count). The van der Waals surface area contributed by atoms with Crippen LogP contribution in [-0.2, 0) is 5.41 Å². The summed E-state index contributed by atoms with van der Waals surface area (Å²) in [7, 11) is 0. The molecule has 1 aromatic carbocycles. The summed E-state index contributed by atoms with van der Waals surface area (Å²) in [5, 5.41) is 2.08. The summed E-state index contributed by atoms with van der Waals surface area (Å²) >= 11 is 7.45. The maximum absolute atomic E-state index is 14.0. The second-order valence-corrected chi connectivity index (χ2v) is 6.07. The smallest absolute Gasteiger partial charge is 0.145 e. The Kier molecular flexibility index (Phi) is 3.23. The molecule has 0 saturated carbocycles. The second-order valence-electron chi connectivity index (χ2n) is 4.94. The molecule has 1 heterocycles. The number of rotatable bonds is 1. The van der Waals surface area contributed by atoms with Crippen LogP contribution in [0.25, 0.3) is 11.3 Å². The number of hydrogen-bond acceptors (Lipinski definition) is 2. The Morgan fingerprint density at radius 2 is 2.00 bits per heavy atom. The molecular weight excluding hydrogens is 257 g/mol. The molecule has 0 fully saturated rings. The topological polar surface area (TPSA) is 12.9 Å². The first-order valence-corrected chi connectivity index (χ1v) is 6.60. The number of thiazole rings is 1. The van der Waals surface area contributed by atoms with Gasteiger partial charge in [-0.1, -0.05) is 32.4 Å². The minimum Gasteiger partial charge on any atom is -0.245 e. The third-order valence-corrected chi connectivity index (χ3v) is 3.43. The lowest BCUT2D eigenvalue weighted by Crippen LogP contribution is -2.14. The van der Waals surface area contributed by atoms with E-state index in [1.54, 1.807) is 11.6 Å². The van der Waals surface area contributed by atoms with Crippen LogP contribution in [0.15, 0.2) is 23.0 Å². The van der Waals surface area contributed by atoms with Gasteiger partial charge in [0.2, 0.25) is 0 Å². The largest absolute Gasteiger partial charge is 0.245 e. The van der Waals surface area contributed by atoms with E-state index in [9.17, 15) is 4.39 Å². The van der Waals surface area contributed by atoms with Gasteiger partial charge in [-0.15, -0.1) is 11.3 Å². The fraction of sp³-hybridized carbons (Fsp3) is 0.308. The van der Waals surface area contributed by atoms with Gasteiger partial charge in [0.05, 0.1) is 16.2 Å². The number of benzene rings is 1. The van der Waals surface area contributed by atoms with Gasteiger partial charge in [-0.3, -0.25) is 0 Å². The molecule has 2 aromatic rings. The van der Waals surface area contributed by atoms with E-state index in [0.29, 0.717) is 5.56 Å². The van der Waals surface area contributed by atoms with Crippen LogP contribution in [0.3, 0.4) is 0 Å². The van der Waals surface area contributed by atoms with Crippen LogP contribution in [0.4, 0.5) is 4.39 Å². The van der Waals surface area contributed by atoms with Crippen molar-refractivity contribution in [1.29, 1.82) is 0 Å². The van der Waals surface area contributed by atoms with E-state index in [4.69, 9.17) is 11.6 Å². The summed E-state index contributed by atoms with van der Waals surface area (Å²) < 4.78 is 14.0. The van der Waals surface area contributed by atoms with E-state index in [1.165, 1.54) is 11.3 Å². The number of hydrogen-bond donors (Lipinski definition) is 0. The highest BCUT2D eigenvalue weighted by Gasteiger charge is 2.21. The molecule has 17 heavy (non-hydrogen) atoms. The van der Waals surface area contributed by atoms with Crippen LogP contribution in [0.2, 0.25) is 5.02 Å². The van der Waals surface area contributed by atoms with Gasteiger partial charge in [-0.05, 0) is 23.1 Å². The highest BCUT2D eigenvalue weighted by molar-refractivity contribution is 7.07. The van der Waals surface area contributed by atoms with Gasteiger partial charge >= 0.3 is 0 Å². The molecule has 0 N–H and O–H groups in total. The SMILES string of the molecule is CC(C)(C)c1cc(-c2cscn2)cc(Cl)c1F. The van der Waals surface area contributed by atoms with Crippen LogP contribution in [0.1, 0.15) is 26.3 Å². The van der Waals surface area contributed by atoms with Crippen molar-refractivity contribution < 1.29 is 4.39 Å². The van der Waals surface area contributed by atoms with Crippen LogP contribution in [0, 0.1) is 5.82 Å². The minimum atomic E-state index is -0.335. The van der Waals surface area contributed by atoms with Gasteiger partial charge in [-0.25, -0.2) is 9.37 Å². The Labute approximate surface area is 109 Å². The third kappa shape index (κ3) is 2.50. The molecule has 0 radical (unpaired) electrons. The van der Waals surface area contributed by atoms with Crippen molar-refractivity contribution in [1.82, 2.24) is 4.98 Å². The fourth-order valence-corrected chi connectivity index (χ4v) is 2.42. The Hall–Kier alpha value is -0.930. The van der Waals surface area contributed by atoms with E-state index in [1.807, 2.05) is 32.2 Å². The standard InChI is InChI=1S/C13H13ClFNS/c1-13(2,3)9-4-8(5-10(14)12(9)15)11-6-17-7-16-11/h4-7H,1-3H3. The molecule has 90 valence electrons. The van der Waals surface area contributed by atoms with Crippen LogP contribution < -0.4 is 0 Å². The lowest BCUT2D eigenvalue weighted by molar-refractivity contribution is 0.523. The normalized spacial score (nSPS) is 11.8.